The van der Waals surface area contributed by atoms with Gasteiger partial charge in [0, 0.05) is 34.2 Å². The monoisotopic (exact) mass is 377 g/mol. The fourth-order valence-electron chi connectivity index (χ4n) is 2.94. The number of aromatic nitrogens is 1. The molecule has 27 heavy (non-hydrogen) atoms. The van der Waals surface area contributed by atoms with Gasteiger partial charge in [0.25, 0.3) is 0 Å². The summed E-state index contributed by atoms with van der Waals surface area (Å²) >= 11 is 6.30. The second-order valence-corrected chi connectivity index (χ2v) is 6.40. The number of amides is 1. The predicted octanol–water partition coefficient (Wildman–Crippen LogP) is 4.70. The van der Waals surface area contributed by atoms with Gasteiger partial charge < -0.3 is 8.98 Å². The molecule has 1 amide bonds. The number of halogens is 1. The Morgan fingerprint density at radius 3 is 2.74 bits per heavy atom. The summed E-state index contributed by atoms with van der Waals surface area (Å²) in [6, 6.07) is 19.1. The second kappa shape index (κ2) is 7.51. The minimum Gasteiger partial charge on any atom is -0.459 e. The smallest absolute Gasteiger partial charge is 0.307 e. The van der Waals surface area contributed by atoms with Gasteiger partial charge in [-0.15, -0.1) is 0 Å². The summed E-state index contributed by atoms with van der Waals surface area (Å²) in [7, 11) is 0. The summed E-state index contributed by atoms with van der Waals surface area (Å²) in [5.74, 6) is -0.177. The number of benzene rings is 2. The highest BCUT2D eigenvalue weighted by Gasteiger charge is 2.09. The van der Waals surface area contributed by atoms with Crippen LogP contribution in [0.5, 0.6) is 0 Å². The van der Waals surface area contributed by atoms with E-state index in [2.05, 4.69) is 15.1 Å². The maximum atomic E-state index is 11.9. The van der Waals surface area contributed by atoms with Crippen LogP contribution >= 0.6 is 11.6 Å². The number of hydrazone groups is 1. The van der Waals surface area contributed by atoms with E-state index in [1.54, 1.807) is 18.3 Å². The fourth-order valence-corrected chi connectivity index (χ4v) is 3.14. The van der Waals surface area contributed by atoms with Gasteiger partial charge in [-0.1, -0.05) is 48.0 Å². The molecular weight excluding hydrogens is 362 g/mol. The van der Waals surface area contributed by atoms with E-state index in [-0.39, 0.29) is 5.76 Å². The average Bonchev–Trinajstić information content (AvgIpc) is 3.33. The minimum absolute atomic E-state index is 0.216. The van der Waals surface area contributed by atoms with Crippen molar-refractivity contribution in [1.82, 2.24) is 9.99 Å². The third-order valence-corrected chi connectivity index (χ3v) is 4.60. The van der Waals surface area contributed by atoms with Gasteiger partial charge in [-0.25, -0.2) is 5.43 Å². The molecule has 0 atom stereocenters. The zero-order chi connectivity index (χ0) is 18.6. The van der Waals surface area contributed by atoms with Gasteiger partial charge in [0.15, 0.2) is 5.76 Å². The quantitative estimate of drug-likeness (QED) is 0.405. The Hall–Kier alpha value is -3.31. The summed E-state index contributed by atoms with van der Waals surface area (Å²) in [4.78, 5) is 11.9. The molecule has 0 bridgehead atoms. The van der Waals surface area contributed by atoms with Gasteiger partial charge in [-0.3, -0.25) is 4.79 Å². The van der Waals surface area contributed by atoms with Crippen molar-refractivity contribution >= 4 is 34.6 Å². The van der Waals surface area contributed by atoms with E-state index < -0.39 is 5.91 Å². The lowest BCUT2D eigenvalue weighted by Crippen LogP contribution is -2.16. The molecule has 0 saturated carbocycles. The topological polar surface area (TPSA) is 59.5 Å². The van der Waals surface area contributed by atoms with Gasteiger partial charge in [0.05, 0.1) is 12.5 Å². The van der Waals surface area contributed by atoms with Gasteiger partial charge in [-0.2, -0.15) is 5.10 Å². The molecule has 0 aliphatic carbocycles. The molecule has 6 heteroatoms. The van der Waals surface area contributed by atoms with E-state index in [9.17, 15) is 4.79 Å². The van der Waals surface area contributed by atoms with Gasteiger partial charge in [-0.05, 0) is 29.8 Å². The van der Waals surface area contributed by atoms with Crippen LogP contribution in [0.2, 0.25) is 5.02 Å². The first-order valence-corrected chi connectivity index (χ1v) is 8.78. The summed E-state index contributed by atoms with van der Waals surface area (Å²) < 4.78 is 7.16. The molecular formula is C21H16ClN3O2. The third kappa shape index (κ3) is 3.64. The molecule has 1 N–H and O–H groups in total. The number of fused-ring (bicyclic) bond motifs is 1. The molecule has 2 aromatic carbocycles. The first kappa shape index (κ1) is 17.1. The van der Waals surface area contributed by atoms with Crippen LogP contribution in [0, 0.1) is 0 Å². The van der Waals surface area contributed by atoms with Crippen LogP contribution in [-0.2, 0) is 6.54 Å². The number of furan rings is 1. The van der Waals surface area contributed by atoms with E-state index in [0.29, 0.717) is 6.54 Å². The van der Waals surface area contributed by atoms with Gasteiger partial charge in [0.2, 0.25) is 0 Å². The highest BCUT2D eigenvalue weighted by atomic mass is 35.5. The molecule has 0 fully saturated rings. The number of hydrogen-bond donors (Lipinski definition) is 1. The minimum atomic E-state index is -0.393. The first-order valence-electron chi connectivity index (χ1n) is 8.40. The number of para-hydroxylation sites is 1. The number of nitrogens with one attached hydrogen (secondary N) is 1. The molecule has 0 saturated heterocycles. The van der Waals surface area contributed by atoms with Crippen molar-refractivity contribution in [2.75, 3.05) is 0 Å². The van der Waals surface area contributed by atoms with Gasteiger partial charge >= 0.3 is 5.91 Å². The molecule has 0 spiro atoms. The molecule has 2 heterocycles. The average molecular weight is 378 g/mol. The van der Waals surface area contributed by atoms with Crippen LogP contribution < -0.4 is 5.43 Å². The Bertz CT molecular complexity index is 1110. The van der Waals surface area contributed by atoms with Crippen molar-refractivity contribution in [2.24, 2.45) is 5.10 Å². The molecule has 5 nitrogen and oxygen atoms in total. The summed E-state index contributed by atoms with van der Waals surface area (Å²) in [5, 5.41) is 5.84. The zero-order valence-electron chi connectivity index (χ0n) is 14.3. The van der Waals surface area contributed by atoms with Gasteiger partial charge in [0.1, 0.15) is 0 Å². The van der Waals surface area contributed by atoms with Crippen LogP contribution in [0.4, 0.5) is 0 Å². The van der Waals surface area contributed by atoms with E-state index in [4.69, 9.17) is 16.0 Å². The Kier molecular flexibility index (Phi) is 4.77. The zero-order valence-corrected chi connectivity index (χ0v) is 15.1. The normalized spacial score (nSPS) is 11.3. The van der Waals surface area contributed by atoms with Crippen LogP contribution in [-0.4, -0.2) is 16.7 Å². The fraction of sp³-hybridized carbons (Fsp3) is 0.0476. The Labute approximate surface area is 160 Å². The number of carbonyl (C=O) groups is 1. The van der Waals surface area contributed by atoms with E-state index in [1.165, 1.54) is 6.26 Å². The third-order valence-electron chi connectivity index (χ3n) is 4.23. The predicted molar refractivity (Wildman–Crippen MR) is 106 cm³/mol. The van der Waals surface area contributed by atoms with Crippen molar-refractivity contribution < 1.29 is 9.21 Å². The van der Waals surface area contributed by atoms with Crippen LogP contribution in [0.15, 0.2) is 82.6 Å². The van der Waals surface area contributed by atoms with Crippen LogP contribution in [0.25, 0.3) is 10.9 Å². The van der Waals surface area contributed by atoms with Crippen LogP contribution in [0.1, 0.15) is 21.7 Å². The van der Waals surface area contributed by atoms with Crippen LogP contribution in [0.3, 0.4) is 0 Å². The van der Waals surface area contributed by atoms with Crippen molar-refractivity contribution in [1.29, 1.82) is 0 Å². The highest BCUT2D eigenvalue weighted by Crippen LogP contribution is 2.23. The highest BCUT2D eigenvalue weighted by molar-refractivity contribution is 6.31. The molecule has 4 aromatic rings. The largest absolute Gasteiger partial charge is 0.459 e. The SMILES string of the molecule is O=C(N/N=C\c1cn(Cc2ccccc2Cl)c2ccccc12)c1ccco1. The van der Waals surface area contributed by atoms with E-state index in [1.807, 2.05) is 54.7 Å². The molecule has 4 rings (SSSR count). The molecule has 134 valence electrons. The Morgan fingerprint density at radius 2 is 1.93 bits per heavy atom. The lowest BCUT2D eigenvalue weighted by atomic mass is 10.2. The maximum Gasteiger partial charge on any atom is 0.307 e. The molecule has 0 aliphatic rings. The lowest BCUT2D eigenvalue weighted by molar-refractivity contribution is 0.0927. The maximum absolute atomic E-state index is 11.9. The second-order valence-electron chi connectivity index (χ2n) is 6.00. The standard InChI is InChI=1S/C21H16ClN3O2/c22-18-8-3-1-6-15(18)13-25-14-16(17-7-2-4-9-19(17)25)12-23-24-21(26)20-10-5-11-27-20/h1-12,14H,13H2,(H,24,26)/b23-12-. The molecule has 0 unspecified atom stereocenters. The van der Waals surface area contributed by atoms with Crippen molar-refractivity contribution in [3.05, 3.63) is 95.0 Å². The Balaban J connectivity index is 1.61. The van der Waals surface area contributed by atoms with E-state index in [0.717, 1.165) is 27.1 Å². The van der Waals surface area contributed by atoms with Crippen molar-refractivity contribution in [3.63, 3.8) is 0 Å². The molecule has 0 aliphatic heterocycles. The number of hydrogen-bond acceptors (Lipinski definition) is 3. The first-order chi connectivity index (χ1) is 13.2. The number of carbonyl (C=O) groups excluding carboxylic acids is 1. The summed E-state index contributed by atoms with van der Waals surface area (Å²) in [6.45, 7) is 0.646. The number of nitrogens with zero attached hydrogens (tertiary/aromatic N) is 2. The Morgan fingerprint density at radius 1 is 1.11 bits per heavy atom. The summed E-state index contributed by atoms with van der Waals surface area (Å²) in [6.07, 6.45) is 5.07. The lowest BCUT2D eigenvalue weighted by Gasteiger charge is -2.07. The van der Waals surface area contributed by atoms with Crippen molar-refractivity contribution in [2.45, 2.75) is 6.54 Å². The molecule has 2 aromatic heterocycles. The van der Waals surface area contributed by atoms with E-state index >= 15 is 0 Å². The van der Waals surface area contributed by atoms with Crippen molar-refractivity contribution in [3.8, 4) is 0 Å². The summed E-state index contributed by atoms with van der Waals surface area (Å²) in [5.41, 5.74) is 5.48. The number of rotatable bonds is 5. The molecule has 0 radical (unpaired) electrons.